The molecular formula is C24H24Cl2FN3O4. The molecule has 2 bridgehead atoms. The standard InChI is InChI=1S/C24H24Cl2FN3O4/c1-30-11-21(34-20-5-2-14(25)6-19(20)30)23(32)28-18-10-24(8-13(18)9-24)29-22(31)12-33-15-3-4-16(26)17(27)7-15/h2-7,13,18,21H,8-12H2,1H3,(H,28,32)(H,29,31)/t13?,18-,21?,24?/m1/s1. The summed E-state index contributed by atoms with van der Waals surface area (Å²) in [6.07, 6.45) is 1.62. The van der Waals surface area contributed by atoms with Crippen LogP contribution in [0.15, 0.2) is 36.4 Å². The predicted octanol–water partition coefficient (Wildman–Crippen LogP) is 3.56. The number of carbonyl (C=O) groups excluding carboxylic acids is 2. The first-order valence-electron chi connectivity index (χ1n) is 11.1. The minimum absolute atomic E-state index is 0.00544. The number of likely N-dealkylation sites (N-methyl/N-ethyl adjacent to an activating group) is 1. The number of fused-ring (bicyclic) bond motifs is 2. The quantitative estimate of drug-likeness (QED) is 0.624. The molecule has 180 valence electrons. The number of anilines is 1. The van der Waals surface area contributed by atoms with Crippen LogP contribution in [-0.4, -0.2) is 49.7 Å². The maximum atomic E-state index is 13.5. The van der Waals surface area contributed by atoms with E-state index in [1.807, 2.05) is 18.0 Å². The van der Waals surface area contributed by atoms with E-state index in [9.17, 15) is 14.0 Å². The Morgan fingerprint density at radius 1 is 1.21 bits per heavy atom. The van der Waals surface area contributed by atoms with Gasteiger partial charge in [-0.1, -0.05) is 23.2 Å². The van der Waals surface area contributed by atoms with Crippen molar-refractivity contribution in [2.24, 2.45) is 5.92 Å². The molecule has 6 rings (SSSR count). The number of rotatable bonds is 6. The van der Waals surface area contributed by atoms with Crippen LogP contribution in [0.4, 0.5) is 10.1 Å². The molecule has 0 aromatic heterocycles. The molecule has 4 aliphatic rings. The largest absolute Gasteiger partial charge is 0.484 e. The normalized spacial score (nSPS) is 26.7. The highest BCUT2D eigenvalue weighted by atomic mass is 35.5. The number of hydrogen-bond acceptors (Lipinski definition) is 5. The Morgan fingerprint density at radius 3 is 2.76 bits per heavy atom. The average molecular weight is 508 g/mol. The van der Waals surface area contributed by atoms with Crippen molar-refractivity contribution in [2.45, 2.75) is 36.9 Å². The maximum absolute atomic E-state index is 13.5. The van der Waals surface area contributed by atoms with Crippen LogP contribution in [0.5, 0.6) is 11.5 Å². The highest BCUT2D eigenvalue weighted by Gasteiger charge is 2.57. The van der Waals surface area contributed by atoms with Crippen LogP contribution in [0.25, 0.3) is 0 Å². The molecule has 1 unspecified atom stereocenters. The lowest BCUT2D eigenvalue weighted by Gasteiger charge is -2.39. The molecule has 3 aliphatic carbocycles. The monoisotopic (exact) mass is 507 g/mol. The van der Waals surface area contributed by atoms with Crippen molar-refractivity contribution in [3.63, 3.8) is 0 Å². The van der Waals surface area contributed by atoms with Crippen LogP contribution in [0.1, 0.15) is 19.3 Å². The van der Waals surface area contributed by atoms with Crippen LogP contribution < -0.4 is 25.0 Å². The summed E-state index contributed by atoms with van der Waals surface area (Å²) in [4.78, 5) is 27.3. The molecular weight excluding hydrogens is 484 g/mol. The Morgan fingerprint density at radius 2 is 2.00 bits per heavy atom. The number of amides is 2. The van der Waals surface area contributed by atoms with E-state index in [2.05, 4.69) is 10.6 Å². The highest BCUT2D eigenvalue weighted by Crippen LogP contribution is 2.52. The topological polar surface area (TPSA) is 79.9 Å². The summed E-state index contributed by atoms with van der Waals surface area (Å²) in [5.41, 5.74) is 0.506. The van der Waals surface area contributed by atoms with E-state index in [0.717, 1.165) is 24.6 Å². The Bertz CT molecular complexity index is 1140. The number of nitrogens with zero attached hydrogens (tertiary/aromatic N) is 1. The predicted molar refractivity (Wildman–Crippen MR) is 126 cm³/mol. The summed E-state index contributed by atoms with van der Waals surface area (Å²) in [7, 11) is 1.90. The zero-order valence-corrected chi connectivity index (χ0v) is 20.0. The molecule has 0 spiro atoms. The molecule has 3 fully saturated rings. The maximum Gasteiger partial charge on any atom is 0.263 e. The molecule has 2 aromatic carbocycles. The number of benzene rings is 2. The minimum Gasteiger partial charge on any atom is -0.484 e. The van der Waals surface area contributed by atoms with Crippen LogP contribution in [0.3, 0.4) is 0 Å². The SMILES string of the molecule is CN1CC(C(=O)N[C@@H]2CC3(NC(=O)COc4ccc(Cl)c(F)c4)CC2C3)Oc2ccc(Cl)cc21. The third-order valence-electron chi connectivity index (χ3n) is 6.81. The van der Waals surface area contributed by atoms with Crippen LogP contribution in [-0.2, 0) is 9.59 Å². The van der Waals surface area contributed by atoms with E-state index in [1.54, 1.807) is 12.1 Å². The van der Waals surface area contributed by atoms with E-state index in [1.165, 1.54) is 12.1 Å². The van der Waals surface area contributed by atoms with Gasteiger partial charge in [-0.05, 0) is 55.5 Å². The van der Waals surface area contributed by atoms with E-state index >= 15 is 0 Å². The molecule has 2 N–H and O–H groups in total. The second-order valence-corrected chi connectivity index (χ2v) is 10.1. The van der Waals surface area contributed by atoms with Crippen molar-refractivity contribution < 1.29 is 23.5 Å². The lowest BCUT2D eigenvalue weighted by molar-refractivity contribution is -0.129. The Balaban J connectivity index is 1.12. The zero-order chi connectivity index (χ0) is 24.0. The van der Waals surface area contributed by atoms with Gasteiger partial charge in [-0.3, -0.25) is 9.59 Å². The third-order valence-corrected chi connectivity index (χ3v) is 7.35. The smallest absolute Gasteiger partial charge is 0.263 e. The molecule has 10 heteroatoms. The summed E-state index contributed by atoms with van der Waals surface area (Å²) in [6, 6.07) is 9.33. The molecule has 7 nitrogen and oxygen atoms in total. The van der Waals surface area contributed by atoms with Gasteiger partial charge in [0.25, 0.3) is 11.8 Å². The molecule has 2 amide bonds. The van der Waals surface area contributed by atoms with Crippen LogP contribution in [0.2, 0.25) is 10.0 Å². The van der Waals surface area contributed by atoms with Crippen molar-refractivity contribution in [3.8, 4) is 11.5 Å². The summed E-state index contributed by atoms with van der Waals surface area (Å²) in [5, 5.41) is 6.76. The van der Waals surface area contributed by atoms with Gasteiger partial charge in [0, 0.05) is 29.7 Å². The number of hydrogen-bond donors (Lipinski definition) is 2. The number of nitrogens with one attached hydrogen (secondary N) is 2. The first kappa shape index (κ1) is 23.1. The summed E-state index contributed by atoms with van der Waals surface area (Å²) >= 11 is 11.7. The minimum atomic E-state index is -0.629. The van der Waals surface area contributed by atoms with Gasteiger partial charge in [0.05, 0.1) is 17.3 Å². The molecule has 3 saturated carbocycles. The first-order valence-corrected chi connectivity index (χ1v) is 11.8. The lowest BCUT2D eigenvalue weighted by atomic mass is 9.76. The van der Waals surface area contributed by atoms with Crippen molar-refractivity contribution >= 4 is 40.7 Å². The molecule has 1 aliphatic heterocycles. The van der Waals surface area contributed by atoms with Crippen molar-refractivity contribution in [1.82, 2.24) is 10.6 Å². The summed E-state index contributed by atoms with van der Waals surface area (Å²) in [5.74, 6) is 0.114. The van der Waals surface area contributed by atoms with Crippen molar-refractivity contribution in [3.05, 3.63) is 52.3 Å². The van der Waals surface area contributed by atoms with Crippen LogP contribution >= 0.6 is 23.2 Å². The second kappa shape index (κ2) is 8.82. The third kappa shape index (κ3) is 4.49. The fraction of sp³-hybridized carbons (Fsp3) is 0.417. The molecule has 34 heavy (non-hydrogen) atoms. The Labute approximate surface area is 206 Å². The summed E-state index contributed by atoms with van der Waals surface area (Å²) in [6.45, 7) is 0.192. The molecule has 0 radical (unpaired) electrons. The van der Waals surface area contributed by atoms with E-state index < -0.39 is 11.9 Å². The van der Waals surface area contributed by atoms with E-state index in [-0.39, 0.29) is 40.8 Å². The van der Waals surface area contributed by atoms with Gasteiger partial charge in [0.15, 0.2) is 12.7 Å². The number of halogens is 3. The molecule has 1 heterocycles. The average Bonchev–Trinajstić information content (AvgIpc) is 3.28. The second-order valence-electron chi connectivity index (χ2n) is 9.28. The van der Waals surface area contributed by atoms with Gasteiger partial charge in [-0.15, -0.1) is 0 Å². The fourth-order valence-electron chi connectivity index (χ4n) is 5.19. The van der Waals surface area contributed by atoms with Gasteiger partial charge in [-0.2, -0.15) is 0 Å². The van der Waals surface area contributed by atoms with Crippen molar-refractivity contribution in [2.75, 3.05) is 25.1 Å². The van der Waals surface area contributed by atoms with Gasteiger partial charge in [0.2, 0.25) is 0 Å². The van der Waals surface area contributed by atoms with Crippen molar-refractivity contribution in [1.29, 1.82) is 0 Å². The highest BCUT2D eigenvalue weighted by molar-refractivity contribution is 6.31. The van der Waals surface area contributed by atoms with E-state index in [4.69, 9.17) is 32.7 Å². The Kier molecular flexibility index (Phi) is 5.98. The van der Waals surface area contributed by atoms with Crippen LogP contribution in [0, 0.1) is 11.7 Å². The van der Waals surface area contributed by atoms with Gasteiger partial charge in [-0.25, -0.2) is 4.39 Å². The molecule has 0 saturated heterocycles. The van der Waals surface area contributed by atoms with Gasteiger partial charge >= 0.3 is 0 Å². The number of ether oxygens (including phenoxy) is 2. The Hall–Kier alpha value is -2.71. The first-order chi connectivity index (χ1) is 16.2. The zero-order valence-electron chi connectivity index (χ0n) is 18.4. The fourth-order valence-corrected chi connectivity index (χ4v) is 5.47. The van der Waals surface area contributed by atoms with Gasteiger partial charge < -0.3 is 25.0 Å². The molecule has 2 aromatic rings. The van der Waals surface area contributed by atoms with E-state index in [0.29, 0.717) is 29.7 Å². The molecule has 2 atom stereocenters. The lowest BCUT2D eigenvalue weighted by Crippen LogP contribution is -2.53. The summed E-state index contributed by atoms with van der Waals surface area (Å²) < 4.78 is 24.8. The van der Waals surface area contributed by atoms with Gasteiger partial charge in [0.1, 0.15) is 17.3 Å². The number of carbonyl (C=O) groups is 2.